The predicted octanol–water partition coefficient (Wildman–Crippen LogP) is 9.09. The second kappa shape index (κ2) is 7.15. The maximum Gasteiger partial charge on any atom is 0.113 e. The minimum Gasteiger partial charge on any atom is -0.0642 e. The number of hydrogen-bond acceptors (Lipinski definition) is 0. The molecule has 0 bridgehead atoms. The van der Waals surface area contributed by atoms with Crippen LogP contribution in [-0.2, 0) is 5.41 Å². The third-order valence-corrected chi connectivity index (χ3v) is 13.9. The molecule has 0 atom stereocenters. The average Bonchev–Trinajstić information content (AvgIpc) is 3.31. The molecule has 8 rings (SSSR count). The highest BCUT2D eigenvalue weighted by Crippen LogP contribution is 2.57. The van der Waals surface area contributed by atoms with E-state index in [2.05, 4.69) is 114 Å². The summed E-state index contributed by atoms with van der Waals surface area (Å²) in [7, 11) is -1.75. The summed E-state index contributed by atoms with van der Waals surface area (Å²) in [5.41, 5.74) is 11.8. The molecule has 1 heterocycles. The molecule has 0 fully saturated rings. The Hall–Kier alpha value is -3.42. The van der Waals surface area contributed by atoms with E-state index in [1.165, 1.54) is 71.3 Å². The Bertz CT molecular complexity index is 1980. The molecule has 1 aliphatic carbocycles. The average molecular weight is 507 g/mol. The molecule has 0 amide bonds. The van der Waals surface area contributed by atoms with E-state index in [-0.39, 0.29) is 5.41 Å². The van der Waals surface area contributed by atoms with Crippen molar-refractivity contribution in [3.8, 4) is 22.3 Å². The smallest absolute Gasteiger partial charge is 0.0642 e. The minimum atomic E-state index is -1.75. The van der Waals surface area contributed by atoms with Crippen LogP contribution in [0.4, 0.5) is 0 Å². The van der Waals surface area contributed by atoms with Gasteiger partial charge in [0.05, 0.1) is 0 Å². The van der Waals surface area contributed by atoms with Crippen molar-refractivity contribution in [2.75, 3.05) is 0 Å². The molecule has 1 heteroatoms. The largest absolute Gasteiger partial charge is 0.113 e. The van der Waals surface area contributed by atoms with E-state index in [1.807, 2.05) is 0 Å². The molecule has 6 aromatic rings. The van der Waals surface area contributed by atoms with Crippen molar-refractivity contribution in [2.24, 2.45) is 0 Å². The minimum absolute atomic E-state index is 0.0707. The van der Waals surface area contributed by atoms with Crippen molar-refractivity contribution in [3.63, 3.8) is 0 Å². The van der Waals surface area contributed by atoms with Gasteiger partial charge >= 0.3 is 0 Å². The highest BCUT2D eigenvalue weighted by atomic mass is 28.3. The molecule has 38 heavy (non-hydrogen) atoms. The van der Waals surface area contributed by atoms with Crippen LogP contribution in [0.2, 0.25) is 13.1 Å². The molecular weight excluding hydrogens is 472 g/mol. The SMILES string of the molecule is CCC1(CC)c2ccc(C)cc2-c2cc3ccc4cc5c(c6ccc(c21)c3c46)-c1cc(C)ccc1[Si]5(C)C. The summed E-state index contributed by atoms with van der Waals surface area (Å²) >= 11 is 0. The molecule has 0 radical (unpaired) electrons. The summed E-state index contributed by atoms with van der Waals surface area (Å²) in [6.07, 6.45) is 2.25. The lowest BCUT2D eigenvalue weighted by Gasteiger charge is -2.31. The standard InChI is InChI=1S/C37H34Si/c1-7-37(8-2)30-15-9-21(3)17-27(30)28-19-23-11-12-24-20-32-35(25-13-14-26(36(28)37)34(23)33(24)25)29-18-22(4)10-16-31(29)38(32,5)6/h9-20H,7-8H2,1-6H3. The predicted molar refractivity (Wildman–Crippen MR) is 169 cm³/mol. The van der Waals surface area contributed by atoms with Gasteiger partial charge in [-0.2, -0.15) is 0 Å². The summed E-state index contributed by atoms with van der Waals surface area (Å²) < 4.78 is 0. The van der Waals surface area contributed by atoms with Gasteiger partial charge in [-0.1, -0.05) is 105 Å². The van der Waals surface area contributed by atoms with Crippen molar-refractivity contribution < 1.29 is 0 Å². The first-order valence-electron chi connectivity index (χ1n) is 14.3. The van der Waals surface area contributed by atoms with Crippen LogP contribution in [0.1, 0.15) is 48.9 Å². The zero-order valence-electron chi connectivity index (χ0n) is 23.3. The van der Waals surface area contributed by atoms with Crippen LogP contribution in [0.5, 0.6) is 0 Å². The Morgan fingerprint density at radius 2 is 1.24 bits per heavy atom. The summed E-state index contributed by atoms with van der Waals surface area (Å²) in [6.45, 7) is 14.3. The Kier molecular flexibility index (Phi) is 4.25. The quantitative estimate of drug-likeness (QED) is 0.162. The van der Waals surface area contributed by atoms with Gasteiger partial charge in [0.15, 0.2) is 0 Å². The van der Waals surface area contributed by atoms with Gasteiger partial charge in [-0.25, -0.2) is 0 Å². The lowest BCUT2D eigenvalue weighted by molar-refractivity contribution is 0.494. The van der Waals surface area contributed by atoms with Crippen molar-refractivity contribution in [1.29, 1.82) is 0 Å². The molecule has 6 aromatic carbocycles. The highest BCUT2D eigenvalue weighted by molar-refractivity contribution is 7.04. The van der Waals surface area contributed by atoms with E-state index >= 15 is 0 Å². The first-order valence-corrected chi connectivity index (χ1v) is 17.3. The second-order valence-electron chi connectivity index (χ2n) is 12.5. The second-order valence-corrected chi connectivity index (χ2v) is 16.9. The van der Waals surface area contributed by atoms with E-state index in [0.29, 0.717) is 0 Å². The van der Waals surface area contributed by atoms with Crippen LogP contribution >= 0.6 is 0 Å². The summed E-state index contributed by atoms with van der Waals surface area (Å²) in [6, 6.07) is 29.2. The van der Waals surface area contributed by atoms with E-state index in [4.69, 9.17) is 0 Å². The van der Waals surface area contributed by atoms with Gasteiger partial charge in [0, 0.05) is 5.41 Å². The lowest BCUT2D eigenvalue weighted by Crippen LogP contribution is -2.49. The number of fused-ring (bicyclic) bond motifs is 8. The molecule has 1 aliphatic heterocycles. The molecule has 0 aromatic heterocycles. The fourth-order valence-corrected chi connectivity index (χ4v) is 11.5. The first-order chi connectivity index (χ1) is 18.3. The summed E-state index contributed by atoms with van der Waals surface area (Å²) in [5, 5.41) is 11.8. The first kappa shape index (κ1) is 22.6. The van der Waals surface area contributed by atoms with Gasteiger partial charge in [0.25, 0.3) is 0 Å². The maximum absolute atomic E-state index is 2.57. The normalized spacial score (nSPS) is 16.3. The number of benzene rings is 6. The molecule has 186 valence electrons. The van der Waals surface area contributed by atoms with Crippen molar-refractivity contribution in [1.82, 2.24) is 0 Å². The van der Waals surface area contributed by atoms with Gasteiger partial charge in [-0.3, -0.25) is 0 Å². The van der Waals surface area contributed by atoms with Gasteiger partial charge in [-0.05, 0) is 109 Å². The number of rotatable bonds is 2. The van der Waals surface area contributed by atoms with Gasteiger partial charge < -0.3 is 0 Å². The van der Waals surface area contributed by atoms with E-state index in [1.54, 1.807) is 15.9 Å². The molecule has 0 saturated carbocycles. The lowest BCUT2D eigenvalue weighted by atomic mass is 9.71. The zero-order valence-corrected chi connectivity index (χ0v) is 24.3. The number of aryl methyl sites for hydroxylation is 2. The van der Waals surface area contributed by atoms with Crippen LogP contribution in [0.15, 0.2) is 72.8 Å². The van der Waals surface area contributed by atoms with Crippen LogP contribution in [0, 0.1) is 13.8 Å². The third kappa shape index (κ3) is 2.47. The third-order valence-electron chi connectivity index (χ3n) is 10.4. The molecule has 0 nitrogen and oxygen atoms in total. The van der Waals surface area contributed by atoms with Crippen molar-refractivity contribution in [3.05, 3.63) is 95.1 Å². The van der Waals surface area contributed by atoms with Gasteiger partial charge in [0.1, 0.15) is 8.07 Å². The summed E-state index contributed by atoms with van der Waals surface area (Å²) in [5.74, 6) is 0. The maximum atomic E-state index is 2.57. The fraction of sp³-hybridized carbons (Fsp3) is 0.243. The fourth-order valence-electron chi connectivity index (χ4n) is 8.43. The Balaban J connectivity index is 1.56. The topological polar surface area (TPSA) is 0 Å². The monoisotopic (exact) mass is 506 g/mol. The van der Waals surface area contributed by atoms with Crippen LogP contribution in [0.25, 0.3) is 54.6 Å². The van der Waals surface area contributed by atoms with Crippen molar-refractivity contribution in [2.45, 2.75) is 59.0 Å². The van der Waals surface area contributed by atoms with E-state index < -0.39 is 8.07 Å². The molecule has 2 aliphatic rings. The molecule has 0 saturated heterocycles. The summed E-state index contributed by atoms with van der Waals surface area (Å²) in [4.78, 5) is 0. The Morgan fingerprint density at radius 1 is 0.605 bits per heavy atom. The van der Waals surface area contributed by atoms with Crippen LogP contribution in [0.3, 0.4) is 0 Å². The van der Waals surface area contributed by atoms with Gasteiger partial charge in [-0.15, -0.1) is 0 Å². The Labute approximate surface area is 226 Å². The number of hydrogen-bond donors (Lipinski definition) is 0. The van der Waals surface area contributed by atoms with Crippen molar-refractivity contribution >= 4 is 50.8 Å². The van der Waals surface area contributed by atoms with Crippen LogP contribution in [-0.4, -0.2) is 8.07 Å². The molecule has 0 N–H and O–H groups in total. The zero-order chi connectivity index (χ0) is 26.1. The highest BCUT2D eigenvalue weighted by Gasteiger charge is 2.43. The van der Waals surface area contributed by atoms with E-state index in [9.17, 15) is 0 Å². The Morgan fingerprint density at radius 3 is 1.97 bits per heavy atom. The van der Waals surface area contributed by atoms with Gasteiger partial charge in [0.2, 0.25) is 0 Å². The van der Waals surface area contributed by atoms with Crippen LogP contribution < -0.4 is 10.4 Å². The molecule has 0 unspecified atom stereocenters. The molecular formula is C37H34Si. The van der Waals surface area contributed by atoms with E-state index in [0.717, 1.165) is 12.8 Å². The molecule has 0 spiro atoms.